The second-order valence-electron chi connectivity index (χ2n) is 5.49. The molecular weight excluding hydrogens is 320 g/mol. The van der Waals surface area contributed by atoms with Crippen molar-refractivity contribution in [1.82, 2.24) is 24.1 Å². The number of nitrogens with zero attached hydrogens (tertiary/aromatic N) is 5. The number of aromatic nitrogens is 5. The summed E-state index contributed by atoms with van der Waals surface area (Å²) in [5, 5.41) is 16.5. The minimum atomic E-state index is -0.958. The van der Waals surface area contributed by atoms with Crippen molar-refractivity contribution in [2.45, 2.75) is 6.92 Å². The molecule has 0 saturated heterocycles. The Bertz CT molecular complexity index is 1050. The topological polar surface area (TPSA) is 97.3 Å². The fraction of sp³-hybridized carbons (Fsp3) is 0.0588. The summed E-state index contributed by atoms with van der Waals surface area (Å²) in [5.74, 6) is -0.519. The number of pyridine rings is 1. The molecule has 0 saturated carbocycles. The van der Waals surface area contributed by atoms with Crippen LogP contribution in [0.5, 0.6) is 0 Å². The summed E-state index contributed by atoms with van der Waals surface area (Å²) >= 11 is 0. The monoisotopic (exact) mass is 334 g/mol. The summed E-state index contributed by atoms with van der Waals surface area (Å²) in [6.07, 6.45) is 5.32. The molecule has 8 nitrogen and oxygen atoms in total. The van der Waals surface area contributed by atoms with E-state index in [1.54, 1.807) is 29.2 Å². The molecule has 4 rings (SSSR count). The highest BCUT2D eigenvalue weighted by Gasteiger charge is 2.10. The van der Waals surface area contributed by atoms with Crippen molar-refractivity contribution >= 4 is 23.3 Å². The standard InChI is InChI=1S/C17H14N6O2/c1-11-14(22-9-8-18-10-22)6-7-15-20-17(21-23(11)15)19-13-4-2-12(3-5-13)16(24)25/h2-10H,1H3,(H,19,21)(H,24,25). The molecule has 0 unspecified atom stereocenters. The number of hydrogen-bond donors (Lipinski definition) is 2. The van der Waals surface area contributed by atoms with E-state index in [-0.39, 0.29) is 5.56 Å². The number of hydrogen-bond acceptors (Lipinski definition) is 5. The molecule has 0 amide bonds. The lowest BCUT2D eigenvalue weighted by Crippen LogP contribution is -2.02. The molecule has 1 aromatic carbocycles. The van der Waals surface area contributed by atoms with Crippen molar-refractivity contribution in [3.8, 4) is 5.69 Å². The number of imidazole rings is 1. The van der Waals surface area contributed by atoms with Gasteiger partial charge in [-0.3, -0.25) is 0 Å². The minimum absolute atomic E-state index is 0.231. The Morgan fingerprint density at radius 3 is 2.64 bits per heavy atom. The van der Waals surface area contributed by atoms with Crippen LogP contribution in [0.1, 0.15) is 16.1 Å². The predicted octanol–water partition coefficient (Wildman–Crippen LogP) is 2.67. The molecule has 124 valence electrons. The van der Waals surface area contributed by atoms with Crippen LogP contribution < -0.4 is 5.32 Å². The van der Waals surface area contributed by atoms with Gasteiger partial charge in [0.1, 0.15) is 0 Å². The Balaban J connectivity index is 1.67. The largest absolute Gasteiger partial charge is 0.478 e. The molecule has 2 N–H and O–H groups in total. The summed E-state index contributed by atoms with van der Waals surface area (Å²) in [6.45, 7) is 1.96. The van der Waals surface area contributed by atoms with Gasteiger partial charge in [-0.2, -0.15) is 4.98 Å². The van der Waals surface area contributed by atoms with Gasteiger partial charge in [0.25, 0.3) is 0 Å². The Labute approximate surface area is 142 Å². The van der Waals surface area contributed by atoms with Gasteiger partial charge in [-0.25, -0.2) is 14.3 Å². The average molecular weight is 334 g/mol. The number of rotatable bonds is 4. The van der Waals surface area contributed by atoms with Gasteiger partial charge in [-0.1, -0.05) is 0 Å². The summed E-state index contributed by atoms with van der Waals surface area (Å²) in [6, 6.07) is 10.3. The molecular formula is C17H14N6O2. The highest BCUT2D eigenvalue weighted by Crippen LogP contribution is 2.19. The SMILES string of the molecule is Cc1c(-n2ccnc2)ccc2nc(Nc3ccc(C(=O)O)cc3)nn12. The lowest BCUT2D eigenvalue weighted by molar-refractivity contribution is 0.0697. The zero-order valence-electron chi connectivity index (χ0n) is 13.3. The maximum absolute atomic E-state index is 10.9. The summed E-state index contributed by atoms with van der Waals surface area (Å²) in [4.78, 5) is 19.4. The first-order valence-corrected chi connectivity index (χ1v) is 7.57. The molecule has 0 aliphatic carbocycles. The van der Waals surface area contributed by atoms with Crippen LogP contribution in [0.15, 0.2) is 55.1 Å². The first-order chi connectivity index (χ1) is 12.1. The quantitative estimate of drug-likeness (QED) is 0.595. The molecule has 3 aromatic heterocycles. The smallest absolute Gasteiger partial charge is 0.335 e. The number of carboxylic acid groups (broad SMARTS) is 1. The van der Waals surface area contributed by atoms with Gasteiger partial charge < -0.3 is 15.0 Å². The van der Waals surface area contributed by atoms with Crippen LogP contribution >= 0.6 is 0 Å². The van der Waals surface area contributed by atoms with E-state index in [1.165, 1.54) is 12.1 Å². The van der Waals surface area contributed by atoms with Crippen molar-refractivity contribution in [2.24, 2.45) is 0 Å². The highest BCUT2D eigenvalue weighted by molar-refractivity contribution is 5.88. The third-order valence-corrected chi connectivity index (χ3v) is 3.88. The van der Waals surface area contributed by atoms with Crippen molar-refractivity contribution < 1.29 is 9.90 Å². The molecule has 4 aromatic rings. The molecule has 0 atom stereocenters. The van der Waals surface area contributed by atoms with E-state index in [0.29, 0.717) is 17.3 Å². The van der Waals surface area contributed by atoms with Crippen LogP contribution in [0.25, 0.3) is 11.3 Å². The first kappa shape index (κ1) is 14.9. The minimum Gasteiger partial charge on any atom is -0.478 e. The molecule has 0 aliphatic heterocycles. The Hall–Kier alpha value is -3.68. The molecule has 0 aliphatic rings. The molecule has 0 radical (unpaired) electrons. The van der Waals surface area contributed by atoms with Crippen LogP contribution in [0.4, 0.5) is 11.6 Å². The molecule has 8 heteroatoms. The van der Waals surface area contributed by atoms with Gasteiger partial charge in [0.05, 0.1) is 23.3 Å². The first-order valence-electron chi connectivity index (χ1n) is 7.57. The van der Waals surface area contributed by atoms with Crippen LogP contribution in [0.3, 0.4) is 0 Å². The van der Waals surface area contributed by atoms with Gasteiger partial charge in [-0.15, -0.1) is 5.10 Å². The maximum Gasteiger partial charge on any atom is 0.335 e. The van der Waals surface area contributed by atoms with Crippen LogP contribution in [0, 0.1) is 6.92 Å². The van der Waals surface area contributed by atoms with Gasteiger partial charge >= 0.3 is 5.97 Å². The Morgan fingerprint density at radius 2 is 1.96 bits per heavy atom. The third-order valence-electron chi connectivity index (χ3n) is 3.88. The molecule has 0 spiro atoms. The van der Waals surface area contributed by atoms with E-state index in [9.17, 15) is 4.79 Å². The molecule has 3 heterocycles. The molecule has 25 heavy (non-hydrogen) atoms. The fourth-order valence-electron chi connectivity index (χ4n) is 2.61. The number of carbonyl (C=O) groups is 1. The van der Waals surface area contributed by atoms with E-state index < -0.39 is 5.97 Å². The van der Waals surface area contributed by atoms with E-state index in [0.717, 1.165) is 11.4 Å². The second-order valence-corrected chi connectivity index (χ2v) is 5.49. The summed E-state index contributed by atoms with van der Waals surface area (Å²) < 4.78 is 3.66. The van der Waals surface area contributed by atoms with E-state index in [1.807, 2.05) is 29.8 Å². The summed E-state index contributed by atoms with van der Waals surface area (Å²) in [7, 11) is 0. The Kier molecular flexibility index (Phi) is 3.42. The van der Waals surface area contributed by atoms with Gasteiger partial charge in [0.2, 0.25) is 5.95 Å². The Morgan fingerprint density at radius 1 is 1.16 bits per heavy atom. The van der Waals surface area contributed by atoms with Crippen molar-refractivity contribution in [1.29, 1.82) is 0 Å². The van der Waals surface area contributed by atoms with Crippen molar-refractivity contribution in [3.63, 3.8) is 0 Å². The van der Waals surface area contributed by atoms with Crippen LogP contribution in [-0.4, -0.2) is 35.2 Å². The number of nitrogens with one attached hydrogen (secondary N) is 1. The normalized spacial score (nSPS) is 10.9. The average Bonchev–Trinajstić information content (AvgIpc) is 3.25. The highest BCUT2D eigenvalue weighted by atomic mass is 16.4. The lowest BCUT2D eigenvalue weighted by Gasteiger charge is -2.07. The van der Waals surface area contributed by atoms with Gasteiger partial charge in [0.15, 0.2) is 5.65 Å². The number of fused-ring (bicyclic) bond motifs is 1. The van der Waals surface area contributed by atoms with Crippen molar-refractivity contribution in [2.75, 3.05) is 5.32 Å². The fourth-order valence-corrected chi connectivity index (χ4v) is 2.61. The zero-order valence-corrected chi connectivity index (χ0v) is 13.3. The molecule has 0 bridgehead atoms. The number of aromatic carboxylic acids is 1. The zero-order chi connectivity index (χ0) is 17.4. The maximum atomic E-state index is 10.9. The number of carboxylic acids is 1. The summed E-state index contributed by atoms with van der Waals surface area (Å²) in [5.41, 5.74) is 3.55. The van der Waals surface area contributed by atoms with Gasteiger partial charge in [0, 0.05) is 18.1 Å². The third kappa shape index (κ3) is 2.69. The van der Waals surface area contributed by atoms with E-state index >= 15 is 0 Å². The van der Waals surface area contributed by atoms with Crippen LogP contribution in [-0.2, 0) is 0 Å². The number of benzene rings is 1. The van der Waals surface area contributed by atoms with Gasteiger partial charge in [-0.05, 0) is 43.3 Å². The van der Waals surface area contributed by atoms with E-state index in [2.05, 4.69) is 20.4 Å². The second kappa shape index (κ2) is 5.75. The van der Waals surface area contributed by atoms with E-state index in [4.69, 9.17) is 5.11 Å². The lowest BCUT2D eigenvalue weighted by atomic mass is 10.2. The predicted molar refractivity (Wildman–Crippen MR) is 91.5 cm³/mol. The number of anilines is 2. The molecule has 0 fully saturated rings. The number of aryl methyl sites for hydroxylation is 1. The van der Waals surface area contributed by atoms with Crippen LogP contribution in [0.2, 0.25) is 0 Å². The van der Waals surface area contributed by atoms with Crippen molar-refractivity contribution in [3.05, 3.63) is 66.4 Å².